The smallest absolute Gasteiger partial charge is 0.0916 e. The third kappa shape index (κ3) is 3.06. The third-order valence-corrected chi connectivity index (χ3v) is 4.55. The molecule has 3 aromatic rings. The van der Waals surface area contributed by atoms with Crippen LogP contribution in [0.3, 0.4) is 0 Å². The molecule has 0 spiro atoms. The molecule has 1 fully saturated rings. The minimum absolute atomic E-state index is 0.474. The van der Waals surface area contributed by atoms with Gasteiger partial charge in [-0.25, -0.2) is 4.52 Å². The molecule has 1 aliphatic heterocycles. The molecular formula is C19H21N3O2. The lowest BCUT2D eigenvalue weighted by molar-refractivity contribution is 0.0143. The zero-order valence-electron chi connectivity index (χ0n) is 13.5. The van der Waals surface area contributed by atoms with Gasteiger partial charge in [-0.15, -0.1) is 0 Å². The van der Waals surface area contributed by atoms with Gasteiger partial charge in [0.2, 0.25) is 0 Å². The van der Waals surface area contributed by atoms with Crippen molar-refractivity contribution in [2.24, 2.45) is 0 Å². The summed E-state index contributed by atoms with van der Waals surface area (Å²) < 4.78 is 7.28. The van der Waals surface area contributed by atoms with Crippen molar-refractivity contribution in [1.29, 1.82) is 0 Å². The minimum Gasteiger partial charge on any atom is -0.387 e. The number of β-amino-alcohol motifs (C(OH)–C–C–N with tert-alkyl or cyclic N) is 1. The van der Waals surface area contributed by atoms with Gasteiger partial charge in [0.1, 0.15) is 0 Å². The minimum atomic E-state index is -0.474. The van der Waals surface area contributed by atoms with E-state index in [9.17, 15) is 5.11 Å². The maximum absolute atomic E-state index is 10.5. The highest BCUT2D eigenvalue weighted by Gasteiger charge is 2.16. The number of hydrogen-bond donors (Lipinski definition) is 1. The summed E-state index contributed by atoms with van der Waals surface area (Å²) >= 11 is 0. The van der Waals surface area contributed by atoms with Crippen LogP contribution in [0.15, 0.2) is 54.7 Å². The maximum Gasteiger partial charge on any atom is 0.0916 e. The van der Waals surface area contributed by atoms with E-state index in [4.69, 9.17) is 4.74 Å². The van der Waals surface area contributed by atoms with E-state index in [1.807, 2.05) is 47.0 Å². The van der Waals surface area contributed by atoms with Crippen LogP contribution in [0.25, 0.3) is 16.8 Å². The first-order valence-electron chi connectivity index (χ1n) is 8.32. The number of benzene rings is 1. The van der Waals surface area contributed by atoms with Crippen molar-refractivity contribution in [2.45, 2.75) is 6.10 Å². The molecule has 0 amide bonds. The van der Waals surface area contributed by atoms with Crippen LogP contribution in [0, 0.1) is 0 Å². The molecule has 1 N–H and O–H groups in total. The number of ether oxygens (including phenoxy) is 1. The Morgan fingerprint density at radius 1 is 1.04 bits per heavy atom. The van der Waals surface area contributed by atoms with E-state index in [0.29, 0.717) is 6.54 Å². The van der Waals surface area contributed by atoms with Crippen LogP contribution >= 0.6 is 0 Å². The molecule has 5 heteroatoms. The fourth-order valence-corrected chi connectivity index (χ4v) is 3.18. The standard InChI is InChI=1S/C19H21N3O2/c23-19(14-21-10-12-24-13-11-21)16-6-4-15(5-7-16)18-3-1-2-17-8-9-20-22(17)18/h1-9,19,23H,10-14H2/t19-/m1/s1. The Kier molecular flexibility index (Phi) is 4.30. The zero-order chi connectivity index (χ0) is 16.4. The number of aliphatic hydroxyl groups excluding tert-OH is 1. The highest BCUT2D eigenvalue weighted by atomic mass is 16.5. The topological polar surface area (TPSA) is 50.0 Å². The quantitative estimate of drug-likeness (QED) is 0.801. The van der Waals surface area contributed by atoms with Crippen LogP contribution < -0.4 is 0 Å². The fraction of sp³-hybridized carbons (Fsp3) is 0.316. The highest BCUT2D eigenvalue weighted by Crippen LogP contribution is 2.23. The molecule has 1 atom stereocenters. The molecule has 1 aliphatic rings. The van der Waals surface area contributed by atoms with Crippen LogP contribution in [0.1, 0.15) is 11.7 Å². The molecule has 24 heavy (non-hydrogen) atoms. The van der Waals surface area contributed by atoms with E-state index in [1.165, 1.54) is 0 Å². The lowest BCUT2D eigenvalue weighted by Gasteiger charge is -2.28. The zero-order valence-corrected chi connectivity index (χ0v) is 13.5. The van der Waals surface area contributed by atoms with Gasteiger partial charge in [-0.3, -0.25) is 4.90 Å². The molecule has 3 heterocycles. The predicted octanol–water partition coefficient (Wildman–Crippen LogP) is 2.37. The van der Waals surface area contributed by atoms with Crippen molar-refractivity contribution in [1.82, 2.24) is 14.5 Å². The molecule has 0 bridgehead atoms. The van der Waals surface area contributed by atoms with E-state index in [1.54, 1.807) is 6.20 Å². The predicted molar refractivity (Wildman–Crippen MR) is 92.8 cm³/mol. The normalized spacial score (nSPS) is 17.2. The Bertz CT molecular complexity index is 807. The first-order valence-corrected chi connectivity index (χ1v) is 8.32. The molecule has 1 aromatic carbocycles. The average Bonchev–Trinajstić information content (AvgIpc) is 3.11. The molecule has 0 saturated carbocycles. The summed E-state index contributed by atoms with van der Waals surface area (Å²) in [6.07, 6.45) is 1.33. The number of nitrogens with zero attached hydrogens (tertiary/aromatic N) is 3. The molecule has 5 nitrogen and oxygen atoms in total. The van der Waals surface area contributed by atoms with Gasteiger partial charge in [0, 0.05) is 25.2 Å². The number of rotatable bonds is 4. The maximum atomic E-state index is 10.5. The largest absolute Gasteiger partial charge is 0.387 e. The van der Waals surface area contributed by atoms with Crippen molar-refractivity contribution >= 4 is 5.52 Å². The first kappa shape index (κ1) is 15.3. The molecule has 0 unspecified atom stereocenters. The second-order valence-electron chi connectivity index (χ2n) is 6.13. The van der Waals surface area contributed by atoms with E-state index in [-0.39, 0.29) is 0 Å². The second-order valence-corrected chi connectivity index (χ2v) is 6.13. The van der Waals surface area contributed by atoms with E-state index < -0.39 is 6.10 Å². The van der Waals surface area contributed by atoms with Crippen molar-refractivity contribution in [3.05, 3.63) is 60.3 Å². The van der Waals surface area contributed by atoms with Gasteiger partial charge in [0.15, 0.2) is 0 Å². The van der Waals surface area contributed by atoms with Crippen molar-refractivity contribution in [3.63, 3.8) is 0 Å². The Morgan fingerprint density at radius 3 is 2.62 bits per heavy atom. The number of hydrogen-bond acceptors (Lipinski definition) is 4. The Morgan fingerprint density at radius 2 is 1.83 bits per heavy atom. The molecule has 124 valence electrons. The SMILES string of the molecule is O[C@H](CN1CCOCC1)c1ccc(-c2cccc3ccnn23)cc1. The van der Waals surface area contributed by atoms with Crippen molar-refractivity contribution in [2.75, 3.05) is 32.8 Å². The van der Waals surface area contributed by atoms with Gasteiger partial charge in [-0.05, 0) is 23.8 Å². The molecule has 4 rings (SSSR count). The monoisotopic (exact) mass is 323 g/mol. The van der Waals surface area contributed by atoms with Gasteiger partial charge >= 0.3 is 0 Å². The average molecular weight is 323 g/mol. The summed E-state index contributed by atoms with van der Waals surface area (Å²) in [5, 5.41) is 14.9. The van der Waals surface area contributed by atoms with Gasteiger partial charge < -0.3 is 9.84 Å². The Hall–Kier alpha value is -2.21. The molecule has 0 aliphatic carbocycles. The van der Waals surface area contributed by atoms with Gasteiger partial charge in [-0.1, -0.05) is 30.3 Å². The number of aromatic nitrogens is 2. The Balaban J connectivity index is 1.53. The van der Waals surface area contributed by atoms with Crippen LogP contribution in [0.5, 0.6) is 0 Å². The fourth-order valence-electron chi connectivity index (χ4n) is 3.18. The van der Waals surface area contributed by atoms with Gasteiger partial charge in [0.05, 0.1) is 36.7 Å². The van der Waals surface area contributed by atoms with Crippen LogP contribution in [-0.4, -0.2) is 52.5 Å². The van der Waals surface area contributed by atoms with Crippen LogP contribution in [0.4, 0.5) is 0 Å². The first-order chi connectivity index (χ1) is 11.8. The van der Waals surface area contributed by atoms with Gasteiger partial charge in [0.25, 0.3) is 0 Å². The van der Waals surface area contributed by atoms with Crippen LogP contribution in [0.2, 0.25) is 0 Å². The van der Waals surface area contributed by atoms with E-state index in [0.717, 1.165) is 48.6 Å². The van der Waals surface area contributed by atoms with E-state index in [2.05, 4.69) is 16.1 Å². The molecule has 0 radical (unpaired) electrons. The van der Waals surface area contributed by atoms with Crippen molar-refractivity contribution in [3.8, 4) is 11.3 Å². The van der Waals surface area contributed by atoms with E-state index >= 15 is 0 Å². The summed E-state index contributed by atoms with van der Waals surface area (Å²) in [6.45, 7) is 3.92. The molecule has 1 saturated heterocycles. The summed E-state index contributed by atoms with van der Waals surface area (Å²) in [5.74, 6) is 0. The number of aliphatic hydroxyl groups is 1. The lowest BCUT2D eigenvalue weighted by atomic mass is 10.0. The summed E-state index contributed by atoms with van der Waals surface area (Å²) in [7, 11) is 0. The third-order valence-electron chi connectivity index (χ3n) is 4.55. The van der Waals surface area contributed by atoms with Crippen LogP contribution in [-0.2, 0) is 4.74 Å². The summed E-state index contributed by atoms with van der Waals surface area (Å²) in [4.78, 5) is 2.24. The molecular weight excluding hydrogens is 302 g/mol. The Labute approximate surface area is 141 Å². The summed E-state index contributed by atoms with van der Waals surface area (Å²) in [5.41, 5.74) is 4.15. The second kappa shape index (κ2) is 6.73. The number of pyridine rings is 1. The number of fused-ring (bicyclic) bond motifs is 1. The number of morpholine rings is 1. The van der Waals surface area contributed by atoms with Gasteiger partial charge in [-0.2, -0.15) is 5.10 Å². The summed E-state index contributed by atoms with van der Waals surface area (Å²) in [6, 6.07) is 16.2. The lowest BCUT2D eigenvalue weighted by Crippen LogP contribution is -2.38. The van der Waals surface area contributed by atoms with Crippen molar-refractivity contribution < 1.29 is 9.84 Å². The molecule has 2 aromatic heterocycles. The highest BCUT2D eigenvalue weighted by molar-refractivity contribution is 5.64.